The summed E-state index contributed by atoms with van der Waals surface area (Å²) in [5.41, 5.74) is 6.93. The largest absolute Gasteiger partial charge is 0.479 e. The van der Waals surface area contributed by atoms with Crippen molar-refractivity contribution in [2.45, 2.75) is 32.2 Å². The Morgan fingerprint density at radius 1 is 1.36 bits per heavy atom. The monoisotopic (exact) mass is 396 g/mol. The van der Waals surface area contributed by atoms with E-state index in [-0.39, 0.29) is 30.3 Å². The Bertz CT molecular complexity index is 715. The Labute approximate surface area is 162 Å². The van der Waals surface area contributed by atoms with Gasteiger partial charge in [0.15, 0.2) is 18.2 Å². The highest BCUT2D eigenvalue weighted by molar-refractivity contribution is 6.01. The molecule has 1 aromatic carbocycles. The lowest BCUT2D eigenvalue weighted by Gasteiger charge is -2.17. The van der Waals surface area contributed by atoms with Gasteiger partial charge in [-0.25, -0.2) is 14.0 Å². The number of carbonyl (C=O) groups excluding carboxylic acids is 2. The van der Waals surface area contributed by atoms with Crippen molar-refractivity contribution in [3.63, 3.8) is 0 Å². The topological polar surface area (TPSA) is 120 Å². The van der Waals surface area contributed by atoms with Gasteiger partial charge in [-0.05, 0) is 37.5 Å². The first-order chi connectivity index (χ1) is 13.4. The van der Waals surface area contributed by atoms with Crippen LogP contribution in [0.1, 0.15) is 37.8 Å². The van der Waals surface area contributed by atoms with E-state index in [0.29, 0.717) is 13.1 Å². The smallest absolute Gasteiger partial charge is 0.341 e. The van der Waals surface area contributed by atoms with Gasteiger partial charge in [0.05, 0.1) is 0 Å². The number of carboxylic acids is 1. The molecule has 0 aliphatic carbocycles. The van der Waals surface area contributed by atoms with E-state index < -0.39 is 18.4 Å². The number of ether oxygens (including phenoxy) is 1. The number of hydrogen-bond donors (Lipinski definition) is 4. The van der Waals surface area contributed by atoms with Crippen LogP contribution in [0.5, 0.6) is 5.75 Å². The third-order valence-corrected chi connectivity index (χ3v) is 4.22. The number of halogens is 1. The van der Waals surface area contributed by atoms with Crippen molar-refractivity contribution < 1.29 is 28.6 Å². The Hall–Kier alpha value is -2.72. The van der Waals surface area contributed by atoms with Crippen LogP contribution in [0.15, 0.2) is 18.2 Å². The number of hydrogen-bond acceptors (Lipinski definition) is 6. The first kappa shape index (κ1) is 21.6. The van der Waals surface area contributed by atoms with E-state index in [1.807, 2.05) is 6.92 Å². The summed E-state index contributed by atoms with van der Waals surface area (Å²) in [5, 5.41) is 10.9. The summed E-state index contributed by atoms with van der Waals surface area (Å²) >= 11 is 0. The molecule has 0 spiro atoms. The first-order valence-corrected chi connectivity index (χ1v) is 9.08. The maximum absolute atomic E-state index is 13.7. The lowest BCUT2D eigenvalue weighted by atomic mass is 10.1. The predicted octanol–water partition coefficient (Wildman–Crippen LogP) is 1.17. The number of imide groups is 1. The summed E-state index contributed by atoms with van der Waals surface area (Å²) in [6, 6.07) is 3.84. The van der Waals surface area contributed by atoms with Gasteiger partial charge in [0, 0.05) is 19.1 Å². The fourth-order valence-corrected chi connectivity index (χ4v) is 2.70. The average molecular weight is 396 g/mol. The number of carboxylic acid groups (broad SMARTS) is 1. The third-order valence-electron chi connectivity index (χ3n) is 4.22. The van der Waals surface area contributed by atoms with Gasteiger partial charge in [-0.15, -0.1) is 0 Å². The molecule has 1 saturated heterocycles. The molecule has 28 heavy (non-hydrogen) atoms. The molecule has 0 radical (unpaired) electrons. The number of nitrogens with one attached hydrogen (secondary N) is 3. The van der Waals surface area contributed by atoms with Crippen LogP contribution in [0, 0.1) is 5.82 Å². The number of benzene rings is 1. The van der Waals surface area contributed by atoms with E-state index in [2.05, 4.69) is 16.2 Å². The number of urea groups is 1. The molecular weight excluding hydrogens is 371 g/mol. The van der Waals surface area contributed by atoms with Gasteiger partial charge < -0.3 is 14.7 Å². The zero-order chi connectivity index (χ0) is 20.5. The molecule has 1 heterocycles. The Morgan fingerprint density at radius 3 is 2.82 bits per heavy atom. The minimum atomic E-state index is -1.17. The highest BCUT2D eigenvalue weighted by Crippen LogP contribution is 2.22. The van der Waals surface area contributed by atoms with Crippen molar-refractivity contribution >= 4 is 17.9 Å². The molecule has 1 aliphatic rings. The van der Waals surface area contributed by atoms with Gasteiger partial charge >= 0.3 is 12.0 Å². The van der Waals surface area contributed by atoms with E-state index in [4.69, 9.17) is 9.84 Å². The number of amides is 3. The summed E-state index contributed by atoms with van der Waals surface area (Å²) in [4.78, 5) is 34.5. The van der Waals surface area contributed by atoms with Crippen molar-refractivity contribution in [1.29, 1.82) is 0 Å². The maximum atomic E-state index is 13.7. The van der Waals surface area contributed by atoms with Crippen LogP contribution < -0.4 is 20.9 Å². The molecular formula is C18H25FN4O5. The van der Waals surface area contributed by atoms with E-state index in [9.17, 15) is 18.8 Å². The zero-order valence-electron chi connectivity index (χ0n) is 15.7. The minimum absolute atomic E-state index is 0.0991. The fourth-order valence-electron chi connectivity index (χ4n) is 2.70. The van der Waals surface area contributed by atoms with Gasteiger partial charge in [-0.3, -0.25) is 21.0 Å². The normalized spacial score (nSPS) is 14.9. The summed E-state index contributed by atoms with van der Waals surface area (Å²) in [6.45, 7) is 2.65. The predicted molar refractivity (Wildman–Crippen MR) is 98.0 cm³/mol. The molecule has 1 aromatic rings. The van der Waals surface area contributed by atoms with E-state index in [0.717, 1.165) is 24.8 Å². The molecule has 1 aliphatic heterocycles. The van der Waals surface area contributed by atoms with Gasteiger partial charge in [0.1, 0.15) is 6.54 Å². The minimum Gasteiger partial charge on any atom is -0.479 e. The van der Waals surface area contributed by atoms with Crippen LogP contribution in [0.2, 0.25) is 0 Å². The Morgan fingerprint density at radius 2 is 2.14 bits per heavy atom. The van der Waals surface area contributed by atoms with Crippen LogP contribution in [0.3, 0.4) is 0 Å². The molecule has 3 amide bonds. The molecule has 2 rings (SSSR count). The summed E-state index contributed by atoms with van der Waals surface area (Å²) in [6.07, 6.45) is 2.57. The second-order valence-corrected chi connectivity index (χ2v) is 6.50. The van der Waals surface area contributed by atoms with E-state index in [1.165, 1.54) is 17.0 Å². The number of nitrogens with zero attached hydrogens (tertiary/aromatic N) is 1. The van der Waals surface area contributed by atoms with Crippen molar-refractivity contribution in [2.75, 3.05) is 26.2 Å². The molecule has 1 atom stereocenters. The summed E-state index contributed by atoms with van der Waals surface area (Å²) < 4.78 is 18.6. The van der Waals surface area contributed by atoms with Crippen molar-refractivity contribution in [3.8, 4) is 5.75 Å². The van der Waals surface area contributed by atoms with Crippen molar-refractivity contribution in [1.82, 2.24) is 21.1 Å². The molecule has 9 nitrogen and oxygen atoms in total. The highest BCUT2D eigenvalue weighted by Gasteiger charge is 2.25. The molecule has 154 valence electrons. The number of hydrazine groups is 1. The number of carbonyl (C=O) groups is 3. The quantitative estimate of drug-likeness (QED) is 0.238. The molecule has 1 unspecified atom stereocenters. The Balaban J connectivity index is 1.63. The van der Waals surface area contributed by atoms with Crippen molar-refractivity contribution in [2.24, 2.45) is 0 Å². The maximum Gasteiger partial charge on any atom is 0.341 e. The lowest BCUT2D eigenvalue weighted by molar-refractivity contribution is -0.139. The third kappa shape index (κ3) is 6.78. The average Bonchev–Trinajstić information content (AvgIpc) is 2.97. The molecule has 0 bridgehead atoms. The molecule has 0 aromatic heterocycles. The summed E-state index contributed by atoms with van der Waals surface area (Å²) in [7, 11) is 0. The lowest BCUT2D eigenvalue weighted by Crippen LogP contribution is -2.35. The van der Waals surface area contributed by atoms with Crippen LogP contribution >= 0.6 is 0 Å². The van der Waals surface area contributed by atoms with Crippen molar-refractivity contribution in [3.05, 3.63) is 29.6 Å². The molecule has 4 N–H and O–H groups in total. The zero-order valence-corrected chi connectivity index (χ0v) is 15.7. The summed E-state index contributed by atoms with van der Waals surface area (Å²) in [5.74, 6) is -2.15. The number of aliphatic carboxylic acids is 1. The van der Waals surface area contributed by atoms with Gasteiger partial charge in [0.25, 0.3) is 0 Å². The highest BCUT2D eigenvalue weighted by atomic mass is 19.1. The van der Waals surface area contributed by atoms with Crippen LogP contribution in [0.4, 0.5) is 9.18 Å². The molecule has 1 fully saturated rings. The number of unbranched alkanes of at least 4 members (excludes halogenated alkanes) is 2. The second-order valence-electron chi connectivity index (χ2n) is 6.50. The number of rotatable bonds is 12. The van der Waals surface area contributed by atoms with Crippen LogP contribution in [-0.4, -0.2) is 54.2 Å². The van der Waals surface area contributed by atoms with E-state index in [1.54, 1.807) is 6.07 Å². The van der Waals surface area contributed by atoms with Crippen LogP contribution in [-0.2, 0) is 9.59 Å². The molecule has 10 heteroatoms. The second kappa shape index (κ2) is 10.6. The van der Waals surface area contributed by atoms with Gasteiger partial charge in [0.2, 0.25) is 5.91 Å². The van der Waals surface area contributed by atoms with Crippen LogP contribution in [0.25, 0.3) is 0 Å². The Kier molecular flexibility index (Phi) is 8.15. The van der Waals surface area contributed by atoms with E-state index >= 15 is 0 Å². The first-order valence-electron chi connectivity index (χ1n) is 9.08. The molecule has 0 saturated carbocycles. The SMILES string of the molecule is CC(NNCCCCCN1CC(=O)NC1=O)c1ccc(F)c(OCC(=O)O)c1. The van der Waals surface area contributed by atoms with Gasteiger partial charge in [-0.2, -0.15) is 0 Å². The fraction of sp³-hybridized carbons (Fsp3) is 0.500. The standard InChI is InChI=1S/C18H25FN4O5/c1-12(13-5-6-14(19)15(9-13)28-11-17(25)26)22-20-7-3-2-4-8-23-10-16(24)21-18(23)27/h5-6,9,12,20,22H,2-4,7-8,10-11H2,1H3,(H,25,26)(H,21,24,27). The van der Waals surface area contributed by atoms with Gasteiger partial charge in [-0.1, -0.05) is 12.5 Å².